The van der Waals surface area contributed by atoms with Crippen molar-refractivity contribution in [2.45, 2.75) is 31.4 Å². The fourth-order valence-electron chi connectivity index (χ4n) is 4.14. The van der Waals surface area contributed by atoms with Gasteiger partial charge in [-0.05, 0) is 37.1 Å². The molecule has 2 aromatic heterocycles. The van der Waals surface area contributed by atoms with Crippen molar-refractivity contribution in [3.8, 4) is 17.6 Å². The van der Waals surface area contributed by atoms with Gasteiger partial charge in [0.15, 0.2) is 5.78 Å². The van der Waals surface area contributed by atoms with Gasteiger partial charge in [0.1, 0.15) is 29.3 Å². The van der Waals surface area contributed by atoms with Crippen LogP contribution in [0, 0.1) is 11.3 Å². The van der Waals surface area contributed by atoms with Gasteiger partial charge in [0.05, 0.1) is 47.2 Å². The second-order valence-electron chi connectivity index (χ2n) is 8.27. The minimum absolute atomic E-state index is 0.0129. The normalized spacial score (nSPS) is 17.6. The van der Waals surface area contributed by atoms with Crippen LogP contribution in [-0.2, 0) is 4.74 Å². The van der Waals surface area contributed by atoms with E-state index in [1.165, 1.54) is 6.33 Å². The van der Waals surface area contributed by atoms with Crippen molar-refractivity contribution in [2.75, 3.05) is 11.9 Å². The van der Waals surface area contributed by atoms with E-state index in [1.54, 1.807) is 24.4 Å². The fraction of sp³-hybridized carbons (Fsp3) is 0.231. The molecule has 0 aliphatic carbocycles. The number of nitrogens with zero attached hydrogens (tertiary/aromatic N) is 3. The molecule has 1 saturated heterocycles. The van der Waals surface area contributed by atoms with E-state index in [4.69, 9.17) is 26.3 Å². The van der Waals surface area contributed by atoms with E-state index in [2.05, 4.69) is 26.3 Å². The third-order valence-electron chi connectivity index (χ3n) is 5.91. The zero-order valence-corrected chi connectivity index (χ0v) is 19.5. The third kappa shape index (κ3) is 4.97. The Labute approximate surface area is 206 Å². The van der Waals surface area contributed by atoms with Crippen LogP contribution in [0.25, 0.3) is 11.0 Å². The van der Waals surface area contributed by atoms with E-state index in [-0.39, 0.29) is 23.0 Å². The number of carbonyl (C=O) groups is 1. The van der Waals surface area contributed by atoms with Gasteiger partial charge in [0, 0.05) is 17.8 Å². The molecule has 0 saturated carbocycles. The number of hydrogen-bond acceptors (Lipinski definition) is 7. The quantitative estimate of drug-likeness (QED) is 0.330. The van der Waals surface area contributed by atoms with E-state index in [1.807, 2.05) is 30.3 Å². The van der Waals surface area contributed by atoms with Crippen LogP contribution in [0.2, 0.25) is 5.02 Å². The smallest absolute Gasteiger partial charge is 0.196 e. The number of ether oxygens (including phenoxy) is 2. The summed E-state index contributed by atoms with van der Waals surface area (Å²) in [4.78, 5) is 25.2. The predicted octanol–water partition coefficient (Wildman–Crippen LogP) is 5.51. The van der Waals surface area contributed by atoms with Crippen molar-refractivity contribution < 1.29 is 14.3 Å². The highest BCUT2D eigenvalue weighted by Gasteiger charge is 2.25. The van der Waals surface area contributed by atoms with Crippen LogP contribution in [0.1, 0.15) is 35.2 Å². The molecule has 0 bridgehead atoms. The van der Waals surface area contributed by atoms with Gasteiger partial charge in [-0.2, -0.15) is 5.26 Å². The number of anilines is 1. The van der Waals surface area contributed by atoms with Crippen molar-refractivity contribution >= 4 is 34.2 Å². The van der Waals surface area contributed by atoms with Crippen molar-refractivity contribution in [1.29, 1.82) is 5.26 Å². The molecule has 3 heterocycles. The average Bonchev–Trinajstić information content (AvgIpc) is 3.31. The third-order valence-corrected chi connectivity index (χ3v) is 6.22. The molecule has 2 atom stereocenters. The van der Waals surface area contributed by atoms with Gasteiger partial charge in [-0.1, -0.05) is 29.8 Å². The van der Waals surface area contributed by atoms with Crippen LogP contribution >= 0.6 is 11.6 Å². The molecule has 8 nitrogen and oxygen atoms in total. The number of H-pyrrole nitrogens is 1. The summed E-state index contributed by atoms with van der Waals surface area (Å²) in [6.45, 7) is 0.459. The SMILES string of the molecule is N#CCC1CCC(Nc2ncnc3[nH]cc(C(=O)c4ccc(Oc5ccccc5)cc4Cl)c23)CO1. The summed E-state index contributed by atoms with van der Waals surface area (Å²) in [6, 6.07) is 16.5. The van der Waals surface area contributed by atoms with Gasteiger partial charge in [-0.3, -0.25) is 4.79 Å². The lowest BCUT2D eigenvalue weighted by Crippen LogP contribution is -2.34. The monoisotopic (exact) mass is 487 g/mol. The molecule has 0 radical (unpaired) electrons. The molecule has 0 spiro atoms. The lowest BCUT2D eigenvalue weighted by Gasteiger charge is -2.28. The summed E-state index contributed by atoms with van der Waals surface area (Å²) in [5, 5.41) is 13.1. The minimum Gasteiger partial charge on any atom is -0.457 e. The van der Waals surface area contributed by atoms with Gasteiger partial charge in [-0.15, -0.1) is 0 Å². The summed E-state index contributed by atoms with van der Waals surface area (Å²) in [5.41, 5.74) is 1.31. The Hall–Kier alpha value is -3.93. The van der Waals surface area contributed by atoms with E-state index >= 15 is 0 Å². The molecule has 2 N–H and O–H groups in total. The molecular formula is C26H22ClN5O3. The van der Waals surface area contributed by atoms with Gasteiger partial charge in [0.2, 0.25) is 0 Å². The molecule has 0 amide bonds. The Balaban J connectivity index is 1.38. The molecule has 5 rings (SSSR count). The molecular weight excluding hydrogens is 466 g/mol. The maximum absolute atomic E-state index is 13.5. The molecule has 176 valence electrons. The lowest BCUT2D eigenvalue weighted by molar-refractivity contribution is 0.0126. The van der Waals surface area contributed by atoms with Gasteiger partial charge >= 0.3 is 0 Å². The van der Waals surface area contributed by atoms with Crippen LogP contribution in [0.5, 0.6) is 11.5 Å². The number of aromatic amines is 1. The lowest BCUT2D eigenvalue weighted by atomic mass is 10.0. The molecule has 1 aliphatic rings. The number of carbonyl (C=O) groups excluding carboxylic acids is 1. The highest BCUT2D eigenvalue weighted by Crippen LogP contribution is 2.32. The second kappa shape index (κ2) is 10.1. The van der Waals surface area contributed by atoms with Crippen LogP contribution in [0.15, 0.2) is 61.1 Å². The Morgan fingerprint density at radius 2 is 2.03 bits per heavy atom. The Kier molecular flexibility index (Phi) is 6.62. The van der Waals surface area contributed by atoms with Crippen LogP contribution in [0.3, 0.4) is 0 Å². The van der Waals surface area contributed by atoms with E-state index < -0.39 is 0 Å². The zero-order valence-electron chi connectivity index (χ0n) is 18.7. The zero-order chi connectivity index (χ0) is 24.2. The standard InChI is InChI=1S/C26H22ClN5O3/c27-22-12-19(35-18-4-2-1-3-5-18)8-9-20(22)24(33)21-13-29-25-23(21)26(31-15-30-25)32-16-6-7-17(10-11-28)34-14-16/h1-5,8-9,12-13,15-17H,6-7,10,14H2,(H2,29,30,31,32). The Morgan fingerprint density at radius 1 is 1.17 bits per heavy atom. The largest absolute Gasteiger partial charge is 0.457 e. The van der Waals surface area contributed by atoms with Gasteiger partial charge in [0.25, 0.3) is 0 Å². The number of fused-ring (bicyclic) bond motifs is 1. The number of ketones is 1. The number of aromatic nitrogens is 3. The maximum Gasteiger partial charge on any atom is 0.196 e. The van der Waals surface area contributed by atoms with E-state index in [9.17, 15) is 4.79 Å². The Morgan fingerprint density at radius 3 is 2.77 bits per heavy atom. The van der Waals surface area contributed by atoms with Crippen LogP contribution in [0.4, 0.5) is 5.82 Å². The first kappa shape index (κ1) is 22.8. The molecule has 2 aromatic carbocycles. The fourth-order valence-corrected chi connectivity index (χ4v) is 4.40. The van der Waals surface area contributed by atoms with Crippen molar-refractivity contribution in [2.24, 2.45) is 0 Å². The first-order valence-corrected chi connectivity index (χ1v) is 11.6. The van der Waals surface area contributed by atoms with Crippen LogP contribution < -0.4 is 10.1 Å². The number of para-hydroxylation sites is 1. The first-order chi connectivity index (χ1) is 17.1. The van der Waals surface area contributed by atoms with Gasteiger partial charge < -0.3 is 19.8 Å². The number of nitrogens with one attached hydrogen (secondary N) is 2. The Bertz CT molecular complexity index is 1390. The number of nitriles is 1. The topological polar surface area (TPSA) is 113 Å². The number of hydrogen-bond donors (Lipinski definition) is 2. The van der Waals surface area contributed by atoms with Crippen LogP contribution in [-0.4, -0.2) is 39.5 Å². The molecule has 35 heavy (non-hydrogen) atoms. The van der Waals surface area contributed by atoms with Crippen molar-refractivity contribution in [3.63, 3.8) is 0 Å². The van der Waals surface area contributed by atoms with Gasteiger partial charge in [-0.25, -0.2) is 9.97 Å². The molecule has 1 aliphatic heterocycles. The maximum atomic E-state index is 13.5. The molecule has 9 heteroatoms. The summed E-state index contributed by atoms with van der Waals surface area (Å²) in [5.74, 6) is 1.51. The molecule has 2 unspecified atom stereocenters. The number of halogens is 1. The summed E-state index contributed by atoms with van der Waals surface area (Å²) < 4.78 is 11.6. The number of benzene rings is 2. The van der Waals surface area contributed by atoms with Crippen molar-refractivity contribution in [3.05, 3.63) is 77.2 Å². The van der Waals surface area contributed by atoms with E-state index in [0.717, 1.165) is 12.8 Å². The highest BCUT2D eigenvalue weighted by molar-refractivity contribution is 6.35. The number of rotatable bonds is 7. The highest BCUT2D eigenvalue weighted by atomic mass is 35.5. The minimum atomic E-state index is -0.251. The van der Waals surface area contributed by atoms with E-state index in [0.29, 0.717) is 52.5 Å². The van der Waals surface area contributed by atoms with Crippen molar-refractivity contribution in [1.82, 2.24) is 15.0 Å². The second-order valence-corrected chi connectivity index (χ2v) is 8.68. The first-order valence-electron chi connectivity index (χ1n) is 11.3. The summed E-state index contributed by atoms with van der Waals surface area (Å²) in [7, 11) is 0. The molecule has 4 aromatic rings. The average molecular weight is 488 g/mol. The molecule has 1 fully saturated rings. The summed E-state index contributed by atoms with van der Waals surface area (Å²) >= 11 is 6.50. The predicted molar refractivity (Wildman–Crippen MR) is 132 cm³/mol. The summed E-state index contributed by atoms with van der Waals surface area (Å²) in [6.07, 6.45) is 5.03.